The molecule has 5 aromatic rings. The second kappa shape index (κ2) is 6.36. The number of carbonyl (C=O) groups excluding carboxylic acids is 1. The lowest BCUT2D eigenvalue weighted by molar-refractivity contribution is -0.121. The van der Waals surface area contributed by atoms with E-state index >= 15 is 0 Å². The fourth-order valence-corrected chi connectivity index (χ4v) is 5.72. The lowest BCUT2D eigenvalue weighted by Crippen LogP contribution is -2.43. The Morgan fingerprint density at radius 3 is 2.16 bits per heavy atom. The minimum absolute atomic E-state index is 0.0800. The number of hydrogen-bond acceptors (Lipinski definition) is 1. The Morgan fingerprint density at radius 2 is 1.38 bits per heavy atom. The van der Waals surface area contributed by atoms with Gasteiger partial charge in [0, 0.05) is 60.3 Å². The molecule has 4 nitrogen and oxygen atoms in total. The van der Waals surface area contributed by atoms with Crippen molar-refractivity contribution in [1.29, 1.82) is 0 Å². The molecule has 1 atom stereocenters. The Hall–Kier alpha value is -3.79. The van der Waals surface area contributed by atoms with E-state index in [0.717, 1.165) is 49.9 Å². The van der Waals surface area contributed by atoms with E-state index in [9.17, 15) is 4.79 Å². The molecule has 0 aliphatic carbocycles. The Balaban J connectivity index is 1.84. The zero-order chi connectivity index (χ0) is 22.2. The summed E-state index contributed by atoms with van der Waals surface area (Å²) >= 11 is 0. The summed E-state index contributed by atoms with van der Waals surface area (Å²) in [6, 6.07) is 25.0. The molecule has 6 rings (SSSR count). The standard InChI is InChI=1S/C28H25N3O/c1-28(21-17-29(2)22-14-8-5-11-18(21)22)25-19-12-6-9-15-23(19)30(3)26(25)20-13-7-10-16-24(20)31(4)27(28)32/h5-17H,1-4H3/t28-/m0/s1. The molecule has 0 unspecified atom stereocenters. The van der Waals surface area contributed by atoms with Crippen LogP contribution in [0, 0.1) is 0 Å². The minimum atomic E-state index is -0.856. The van der Waals surface area contributed by atoms with Gasteiger partial charge in [0.15, 0.2) is 0 Å². The van der Waals surface area contributed by atoms with Gasteiger partial charge >= 0.3 is 0 Å². The number of hydrogen-bond donors (Lipinski definition) is 0. The molecule has 0 fully saturated rings. The van der Waals surface area contributed by atoms with Crippen LogP contribution >= 0.6 is 0 Å². The minimum Gasteiger partial charge on any atom is -0.350 e. The van der Waals surface area contributed by atoms with Crippen LogP contribution in [0.3, 0.4) is 0 Å². The Kier molecular flexibility index (Phi) is 3.76. The normalized spacial score (nSPS) is 18.1. The number of para-hydroxylation sites is 3. The van der Waals surface area contributed by atoms with Gasteiger partial charge in [0.05, 0.1) is 11.4 Å². The molecule has 0 spiro atoms. The molecular formula is C28H25N3O. The predicted octanol–water partition coefficient (Wildman–Crippen LogP) is 5.62. The average Bonchev–Trinajstić information content (AvgIpc) is 3.30. The molecule has 0 saturated carbocycles. The number of aromatic nitrogens is 2. The Morgan fingerprint density at radius 1 is 0.750 bits per heavy atom. The van der Waals surface area contributed by atoms with Crippen molar-refractivity contribution in [1.82, 2.24) is 9.13 Å². The quantitative estimate of drug-likeness (QED) is 0.347. The van der Waals surface area contributed by atoms with Crippen molar-refractivity contribution in [3.05, 3.63) is 90.1 Å². The first-order chi connectivity index (χ1) is 15.4. The number of aryl methyl sites for hydroxylation is 2. The van der Waals surface area contributed by atoms with Crippen molar-refractivity contribution < 1.29 is 4.79 Å². The number of amides is 1. The molecule has 3 aromatic carbocycles. The van der Waals surface area contributed by atoms with Crippen molar-refractivity contribution >= 4 is 33.4 Å². The third-order valence-corrected chi connectivity index (χ3v) is 7.30. The molecular weight excluding hydrogens is 394 g/mol. The van der Waals surface area contributed by atoms with E-state index in [1.54, 1.807) is 0 Å². The Labute approximate surface area is 187 Å². The van der Waals surface area contributed by atoms with Gasteiger partial charge in [-0.05, 0) is 30.7 Å². The zero-order valence-electron chi connectivity index (χ0n) is 18.8. The lowest BCUT2D eigenvalue weighted by atomic mass is 9.73. The van der Waals surface area contributed by atoms with E-state index in [1.165, 1.54) is 0 Å². The van der Waals surface area contributed by atoms with E-state index in [0.29, 0.717) is 0 Å². The molecule has 1 aliphatic heterocycles. The number of nitrogens with zero attached hydrogens (tertiary/aromatic N) is 3. The van der Waals surface area contributed by atoms with Crippen molar-refractivity contribution in [2.45, 2.75) is 12.3 Å². The summed E-state index contributed by atoms with van der Waals surface area (Å²) in [4.78, 5) is 16.2. The van der Waals surface area contributed by atoms with Crippen LogP contribution in [-0.4, -0.2) is 22.1 Å². The van der Waals surface area contributed by atoms with Gasteiger partial charge in [-0.15, -0.1) is 0 Å². The maximum absolute atomic E-state index is 14.4. The molecule has 0 N–H and O–H groups in total. The molecule has 0 radical (unpaired) electrons. The number of anilines is 1. The summed E-state index contributed by atoms with van der Waals surface area (Å²) in [5.74, 6) is 0.0800. The lowest BCUT2D eigenvalue weighted by Gasteiger charge is -2.31. The predicted molar refractivity (Wildman–Crippen MR) is 131 cm³/mol. The van der Waals surface area contributed by atoms with Gasteiger partial charge in [-0.25, -0.2) is 0 Å². The first-order valence-corrected chi connectivity index (χ1v) is 10.9. The maximum atomic E-state index is 14.4. The van der Waals surface area contributed by atoms with Crippen molar-refractivity contribution in [2.24, 2.45) is 14.1 Å². The van der Waals surface area contributed by atoms with Crippen LogP contribution in [0.2, 0.25) is 0 Å². The highest BCUT2D eigenvalue weighted by atomic mass is 16.2. The van der Waals surface area contributed by atoms with E-state index in [4.69, 9.17) is 0 Å². The number of rotatable bonds is 1. The number of carbonyl (C=O) groups is 1. The van der Waals surface area contributed by atoms with Gasteiger partial charge in [0.2, 0.25) is 5.91 Å². The molecule has 4 heteroatoms. The van der Waals surface area contributed by atoms with Gasteiger partial charge in [-0.3, -0.25) is 4.79 Å². The number of likely N-dealkylation sites (N-methyl/N-ethyl adjacent to an activating group) is 1. The highest BCUT2D eigenvalue weighted by Gasteiger charge is 2.47. The van der Waals surface area contributed by atoms with E-state index in [-0.39, 0.29) is 5.91 Å². The summed E-state index contributed by atoms with van der Waals surface area (Å²) < 4.78 is 4.38. The van der Waals surface area contributed by atoms with Crippen molar-refractivity contribution in [3.63, 3.8) is 0 Å². The van der Waals surface area contributed by atoms with Crippen molar-refractivity contribution in [3.8, 4) is 11.3 Å². The molecule has 1 amide bonds. The van der Waals surface area contributed by atoms with Crippen LogP contribution in [0.25, 0.3) is 33.1 Å². The summed E-state index contributed by atoms with van der Waals surface area (Å²) in [7, 11) is 6.06. The molecule has 1 aliphatic rings. The monoisotopic (exact) mass is 419 g/mol. The van der Waals surface area contributed by atoms with Gasteiger partial charge in [0.1, 0.15) is 5.41 Å². The topological polar surface area (TPSA) is 30.2 Å². The van der Waals surface area contributed by atoms with E-state index in [1.807, 2.05) is 24.1 Å². The largest absolute Gasteiger partial charge is 0.350 e. The van der Waals surface area contributed by atoms with Gasteiger partial charge < -0.3 is 14.0 Å². The Bertz CT molecular complexity index is 1550. The smallest absolute Gasteiger partial charge is 0.241 e. The summed E-state index contributed by atoms with van der Waals surface area (Å²) in [6.07, 6.45) is 2.14. The van der Waals surface area contributed by atoms with Crippen LogP contribution in [0.5, 0.6) is 0 Å². The molecule has 0 saturated heterocycles. The molecule has 32 heavy (non-hydrogen) atoms. The molecule has 158 valence electrons. The third kappa shape index (κ3) is 2.19. The van der Waals surface area contributed by atoms with Gasteiger partial charge in [-0.2, -0.15) is 0 Å². The first kappa shape index (κ1) is 18.9. The molecule has 3 heterocycles. The zero-order valence-corrected chi connectivity index (χ0v) is 18.8. The number of fused-ring (bicyclic) bond motifs is 6. The van der Waals surface area contributed by atoms with Crippen LogP contribution in [0.1, 0.15) is 18.1 Å². The summed E-state index contributed by atoms with van der Waals surface area (Å²) in [5, 5.41) is 2.24. The van der Waals surface area contributed by atoms with Gasteiger partial charge in [0.25, 0.3) is 0 Å². The van der Waals surface area contributed by atoms with E-state index in [2.05, 4.69) is 97.0 Å². The second-order valence-corrected chi connectivity index (χ2v) is 8.98. The maximum Gasteiger partial charge on any atom is 0.241 e. The fraction of sp³-hybridized carbons (Fsp3) is 0.179. The molecule has 0 bridgehead atoms. The first-order valence-electron chi connectivity index (χ1n) is 10.9. The SMILES string of the molecule is CN1C(=O)[C@@](C)(c2cn(C)c3ccccc23)c2c(n(C)c3ccccc23)-c2ccccc21. The number of benzene rings is 3. The van der Waals surface area contributed by atoms with Crippen molar-refractivity contribution in [2.75, 3.05) is 11.9 Å². The highest BCUT2D eigenvalue weighted by molar-refractivity contribution is 6.14. The molecule has 2 aromatic heterocycles. The highest BCUT2D eigenvalue weighted by Crippen LogP contribution is 2.51. The van der Waals surface area contributed by atoms with Gasteiger partial charge in [-0.1, -0.05) is 54.6 Å². The second-order valence-electron chi connectivity index (χ2n) is 8.98. The van der Waals surface area contributed by atoms with Crippen LogP contribution < -0.4 is 4.90 Å². The van der Waals surface area contributed by atoms with Crippen LogP contribution in [-0.2, 0) is 24.3 Å². The summed E-state index contributed by atoms with van der Waals surface area (Å²) in [5.41, 5.74) is 6.65. The van der Waals surface area contributed by atoms with Crippen LogP contribution in [0.15, 0.2) is 79.0 Å². The van der Waals surface area contributed by atoms with Crippen LogP contribution in [0.4, 0.5) is 5.69 Å². The third-order valence-electron chi connectivity index (χ3n) is 7.30. The summed E-state index contributed by atoms with van der Waals surface area (Å²) in [6.45, 7) is 2.10. The van der Waals surface area contributed by atoms with E-state index < -0.39 is 5.41 Å². The fourth-order valence-electron chi connectivity index (χ4n) is 5.72. The average molecular weight is 420 g/mol.